The van der Waals surface area contributed by atoms with Gasteiger partial charge in [0, 0.05) is 12.6 Å². The van der Waals surface area contributed by atoms with Gasteiger partial charge in [-0.05, 0) is 39.8 Å². The van der Waals surface area contributed by atoms with Crippen LogP contribution >= 0.6 is 0 Å². The number of carbonyl (C=O) groups is 1. The molecule has 0 aromatic rings. The van der Waals surface area contributed by atoms with Gasteiger partial charge >= 0.3 is 5.97 Å². The lowest BCUT2D eigenvalue weighted by atomic mass is 9.98. The summed E-state index contributed by atoms with van der Waals surface area (Å²) in [5.41, 5.74) is -0.558. The number of ether oxygens (including phenoxy) is 1. The van der Waals surface area contributed by atoms with Crippen molar-refractivity contribution in [3.63, 3.8) is 0 Å². The van der Waals surface area contributed by atoms with Crippen LogP contribution in [0.2, 0.25) is 0 Å². The Balaban J connectivity index is 2.45. The Hall–Kier alpha value is -0.610. The zero-order chi connectivity index (χ0) is 12.2. The number of likely N-dealkylation sites (N-methyl/N-ethyl adjacent to an activating group) is 1. The fourth-order valence-corrected chi connectivity index (χ4v) is 1.96. The number of nitrogens with zero attached hydrogens (tertiary/aromatic N) is 1. The van der Waals surface area contributed by atoms with Gasteiger partial charge < -0.3 is 15.0 Å². The molecule has 0 radical (unpaired) electrons. The minimum atomic E-state index is -0.558. The van der Waals surface area contributed by atoms with E-state index in [1.54, 1.807) is 0 Å². The maximum absolute atomic E-state index is 11.6. The molecule has 1 saturated carbocycles. The van der Waals surface area contributed by atoms with E-state index < -0.39 is 5.54 Å². The average Bonchev–Trinajstić information content (AvgIpc) is 3.12. The number of hydrogen-bond donors (Lipinski definition) is 1. The second-order valence-electron chi connectivity index (χ2n) is 4.68. The molecule has 1 aliphatic carbocycles. The molecule has 0 aromatic carbocycles. The molecule has 1 aliphatic rings. The molecule has 0 aromatic heterocycles. The number of methoxy groups -OCH3 is 1. The van der Waals surface area contributed by atoms with Gasteiger partial charge in [0.05, 0.1) is 7.11 Å². The van der Waals surface area contributed by atoms with Crippen molar-refractivity contribution in [3.05, 3.63) is 0 Å². The summed E-state index contributed by atoms with van der Waals surface area (Å²) in [7, 11) is 3.25. The number of carbonyl (C=O) groups excluding carboxylic acids is 1. The van der Waals surface area contributed by atoms with Gasteiger partial charge in [-0.1, -0.05) is 6.92 Å². The van der Waals surface area contributed by atoms with Crippen molar-refractivity contribution < 1.29 is 9.53 Å². The van der Waals surface area contributed by atoms with Crippen molar-refractivity contribution in [2.45, 2.75) is 44.7 Å². The second kappa shape index (κ2) is 5.64. The maximum atomic E-state index is 11.6. The number of nitrogens with one attached hydrogen (secondary N) is 1. The van der Waals surface area contributed by atoms with Crippen molar-refractivity contribution >= 4 is 5.97 Å². The van der Waals surface area contributed by atoms with Crippen LogP contribution in [0.25, 0.3) is 0 Å². The molecule has 1 atom stereocenters. The Bertz CT molecular complexity index is 241. The van der Waals surface area contributed by atoms with Crippen LogP contribution in [0, 0.1) is 0 Å². The highest BCUT2D eigenvalue weighted by Gasteiger charge is 2.35. The Labute approximate surface area is 98.3 Å². The van der Waals surface area contributed by atoms with Crippen LogP contribution in [0.4, 0.5) is 0 Å². The first kappa shape index (κ1) is 13.5. The third-order valence-corrected chi connectivity index (χ3v) is 3.56. The van der Waals surface area contributed by atoms with Crippen LogP contribution in [-0.2, 0) is 9.53 Å². The first-order valence-electron chi connectivity index (χ1n) is 6.08. The summed E-state index contributed by atoms with van der Waals surface area (Å²) in [6, 6.07) is 0.753. The summed E-state index contributed by atoms with van der Waals surface area (Å²) in [5, 5.41) is 3.07. The molecule has 1 rings (SSSR count). The smallest absolute Gasteiger partial charge is 0.325 e. The average molecular weight is 228 g/mol. The summed E-state index contributed by atoms with van der Waals surface area (Å²) < 4.78 is 4.83. The molecule has 1 N–H and O–H groups in total. The number of rotatable bonds is 7. The number of hydrogen-bond acceptors (Lipinski definition) is 4. The summed E-state index contributed by atoms with van der Waals surface area (Å²) in [5.74, 6) is -0.179. The lowest BCUT2D eigenvalue weighted by Gasteiger charge is -2.29. The van der Waals surface area contributed by atoms with Gasteiger partial charge in [0.25, 0.3) is 0 Å². The Morgan fingerprint density at radius 3 is 2.56 bits per heavy atom. The largest absolute Gasteiger partial charge is 0.468 e. The third kappa shape index (κ3) is 3.19. The van der Waals surface area contributed by atoms with Gasteiger partial charge in [0.15, 0.2) is 0 Å². The summed E-state index contributed by atoms with van der Waals surface area (Å²) >= 11 is 0. The minimum absolute atomic E-state index is 0.179. The van der Waals surface area contributed by atoms with Crippen molar-refractivity contribution in [1.29, 1.82) is 0 Å². The predicted octanol–water partition coefficient (Wildman–Crippen LogP) is 1.01. The molecule has 1 fully saturated rings. The van der Waals surface area contributed by atoms with E-state index in [0.717, 1.165) is 25.6 Å². The molecular formula is C12H24N2O2. The normalized spacial score (nSPS) is 19.6. The standard InChI is InChI=1S/C12H24N2O2/c1-5-14(10-6-7-10)9-8-12(2,13-3)11(15)16-4/h10,13H,5-9H2,1-4H3. The molecule has 94 valence electrons. The van der Waals surface area contributed by atoms with Gasteiger partial charge in [-0.15, -0.1) is 0 Å². The van der Waals surface area contributed by atoms with Gasteiger partial charge in [-0.3, -0.25) is 4.79 Å². The molecule has 0 spiro atoms. The van der Waals surface area contributed by atoms with Crippen LogP contribution in [0.1, 0.15) is 33.1 Å². The van der Waals surface area contributed by atoms with E-state index in [1.807, 2.05) is 14.0 Å². The van der Waals surface area contributed by atoms with Crippen molar-refractivity contribution in [2.75, 3.05) is 27.2 Å². The minimum Gasteiger partial charge on any atom is -0.468 e. The van der Waals surface area contributed by atoms with E-state index in [-0.39, 0.29) is 5.97 Å². The summed E-state index contributed by atoms with van der Waals surface area (Å²) in [6.45, 7) is 6.09. The van der Waals surface area contributed by atoms with Gasteiger partial charge in [0.2, 0.25) is 0 Å². The lowest BCUT2D eigenvalue weighted by Crippen LogP contribution is -2.50. The fourth-order valence-electron chi connectivity index (χ4n) is 1.96. The van der Waals surface area contributed by atoms with E-state index >= 15 is 0 Å². The van der Waals surface area contributed by atoms with E-state index in [4.69, 9.17) is 4.74 Å². The molecule has 0 bridgehead atoms. The van der Waals surface area contributed by atoms with Crippen molar-refractivity contribution in [3.8, 4) is 0 Å². The zero-order valence-electron chi connectivity index (χ0n) is 10.9. The van der Waals surface area contributed by atoms with Crippen molar-refractivity contribution in [1.82, 2.24) is 10.2 Å². The molecule has 0 heterocycles. The van der Waals surface area contributed by atoms with Gasteiger partial charge in [-0.2, -0.15) is 0 Å². The molecule has 0 saturated heterocycles. The SMILES string of the molecule is CCN(CCC(C)(NC)C(=O)OC)C1CC1. The van der Waals surface area contributed by atoms with Gasteiger partial charge in [-0.25, -0.2) is 0 Å². The molecule has 16 heavy (non-hydrogen) atoms. The third-order valence-electron chi connectivity index (χ3n) is 3.56. The maximum Gasteiger partial charge on any atom is 0.325 e. The van der Waals surface area contributed by atoms with Gasteiger partial charge in [0.1, 0.15) is 5.54 Å². The molecule has 0 aliphatic heterocycles. The highest BCUT2D eigenvalue weighted by Crippen LogP contribution is 2.27. The first-order valence-corrected chi connectivity index (χ1v) is 6.08. The first-order chi connectivity index (χ1) is 7.57. The Morgan fingerprint density at radius 2 is 2.19 bits per heavy atom. The van der Waals surface area contributed by atoms with E-state index in [9.17, 15) is 4.79 Å². The predicted molar refractivity (Wildman–Crippen MR) is 64.4 cm³/mol. The Kier molecular flexibility index (Phi) is 4.74. The van der Waals surface area contributed by atoms with E-state index in [2.05, 4.69) is 17.1 Å². The quantitative estimate of drug-likeness (QED) is 0.660. The zero-order valence-corrected chi connectivity index (χ0v) is 10.9. The highest BCUT2D eigenvalue weighted by molar-refractivity contribution is 5.80. The van der Waals surface area contributed by atoms with Crippen LogP contribution in [0.15, 0.2) is 0 Å². The second-order valence-corrected chi connectivity index (χ2v) is 4.68. The monoisotopic (exact) mass is 228 g/mol. The van der Waals surface area contributed by atoms with Crippen molar-refractivity contribution in [2.24, 2.45) is 0 Å². The summed E-state index contributed by atoms with van der Waals surface area (Å²) in [4.78, 5) is 14.1. The molecule has 4 heteroatoms. The van der Waals surface area contributed by atoms with Crippen LogP contribution in [0.3, 0.4) is 0 Å². The topological polar surface area (TPSA) is 41.6 Å². The molecular weight excluding hydrogens is 204 g/mol. The van der Waals surface area contributed by atoms with Crippen LogP contribution in [0.5, 0.6) is 0 Å². The van der Waals surface area contributed by atoms with Crippen LogP contribution < -0.4 is 5.32 Å². The molecule has 1 unspecified atom stereocenters. The lowest BCUT2D eigenvalue weighted by molar-refractivity contribution is -0.148. The van der Waals surface area contributed by atoms with Crippen LogP contribution in [-0.4, -0.2) is 49.7 Å². The number of esters is 1. The highest BCUT2D eigenvalue weighted by atomic mass is 16.5. The Morgan fingerprint density at radius 1 is 1.56 bits per heavy atom. The summed E-state index contributed by atoms with van der Waals surface area (Å²) in [6.07, 6.45) is 3.41. The molecule has 0 amide bonds. The van der Waals surface area contributed by atoms with E-state index in [0.29, 0.717) is 0 Å². The molecule has 4 nitrogen and oxygen atoms in total. The van der Waals surface area contributed by atoms with E-state index in [1.165, 1.54) is 20.0 Å². The fraction of sp³-hybridized carbons (Fsp3) is 0.917.